The third-order valence-corrected chi connectivity index (χ3v) is 3.00. The van der Waals surface area contributed by atoms with Gasteiger partial charge < -0.3 is 10.4 Å². The van der Waals surface area contributed by atoms with Crippen LogP contribution in [0.25, 0.3) is 0 Å². The number of nitrogens with zero attached hydrogens (tertiary/aromatic N) is 1. The quantitative estimate of drug-likeness (QED) is 0.695. The molecular formula is C10H20N2O2. The number of carboxylic acids is 1. The first-order valence-electron chi connectivity index (χ1n) is 5.36. The number of rotatable bonds is 4. The summed E-state index contributed by atoms with van der Waals surface area (Å²) in [5.74, 6) is -0.717. The third kappa shape index (κ3) is 2.69. The molecule has 0 aromatic carbocycles. The van der Waals surface area contributed by atoms with Gasteiger partial charge in [-0.25, -0.2) is 0 Å². The van der Waals surface area contributed by atoms with E-state index in [1.54, 1.807) is 6.92 Å². The summed E-state index contributed by atoms with van der Waals surface area (Å²) in [7, 11) is 0. The molecule has 82 valence electrons. The number of piperidine rings is 1. The van der Waals surface area contributed by atoms with Gasteiger partial charge in [-0.3, -0.25) is 9.69 Å². The monoisotopic (exact) mass is 200 g/mol. The van der Waals surface area contributed by atoms with Gasteiger partial charge in [0.2, 0.25) is 0 Å². The second-order valence-electron chi connectivity index (χ2n) is 3.83. The Hall–Kier alpha value is -0.610. The zero-order valence-electron chi connectivity index (χ0n) is 8.99. The van der Waals surface area contributed by atoms with E-state index in [0.29, 0.717) is 6.04 Å². The van der Waals surface area contributed by atoms with Gasteiger partial charge >= 0.3 is 5.97 Å². The Labute approximate surface area is 85.3 Å². The Kier molecular flexibility index (Phi) is 4.35. The minimum atomic E-state index is -0.717. The summed E-state index contributed by atoms with van der Waals surface area (Å²) < 4.78 is 0. The average Bonchev–Trinajstić information content (AvgIpc) is 2.20. The Morgan fingerprint density at radius 1 is 1.57 bits per heavy atom. The Balaban J connectivity index is 2.55. The fraction of sp³-hybridized carbons (Fsp3) is 0.900. The fourth-order valence-electron chi connectivity index (χ4n) is 2.13. The molecule has 1 saturated heterocycles. The number of aliphatic carboxylic acids is 1. The lowest BCUT2D eigenvalue weighted by Gasteiger charge is -2.36. The van der Waals surface area contributed by atoms with Crippen molar-refractivity contribution >= 4 is 5.97 Å². The molecule has 2 N–H and O–H groups in total. The van der Waals surface area contributed by atoms with Crippen LogP contribution in [0.1, 0.15) is 26.7 Å². The van der Waals surface area contributed by atoms with E-state index < -0.39 is 5.97 Å². The van der Waals surface area contributed by atoms with Crippen molar-refractivity contribution in [1.29, 1.82) is 0 Å². The minimum Gasteiger partial charge on any atom is -0.480 e. The van der Waals surface area contributed by atoms with Crippen LogP contribution in [0, 0.1) is 0 Å². The van der Waals surface area contributed by atoms with E-state index in [2.05, 4.69) is 10.2 Å². The number of carboxylic acid groups (broad SMARTS) is 1. The summed E-state index contributed by atoms with van der Waals surface area (Å²) in [6, 6.07) is 0.0791. The van der Waals surface area contributed by atoms with Crippen molar-refractivity contribution in [2.75, 3.05) is 19.6 Å². The van der Waals surface area contributed by atoms with E-state index in [1.165, 1.54) is 0 Å². The van der Waals surface area contributed by atoms with Crippen LogP contribution in [-0.4, -0.2) is 47.7 Å². The first kappa shape index (κ1) is 11.5. The van der Waals surface area contributed by atoms with E-state index in [0.717, 1.165) is 32.5 Å². The lowest BCUT2D eigenvalue weighted by molar-refractivity contribution is -0.143. The molecule has 14 heavy (non-hydrogen) atoms. The van der Waals surface area contributed by atoms with Crippen molar-refractivity contribution in [3.63, 3.8) is 0 Å². The number of nitrogens with one attached hydrogen (secondary N) is 1. The van der Waals surface area contributed by atoms with E-state index >= 15 is 0 Å². The topological polar surface area (TPSA) is 52.6 Å². The maximum atomic E-state index is 10.9. The predicted molar refractivity (Wildman–Crippen MR) is 55.4 cm³/mol. The molecule has 1 rings (SSSR count). The zero-order valence-corrected chi connectivity index (χ0v) is 8.99. The molecular weight excluding hydrogens is 180 g/mol. The van der Waals surface area contributed by atoms with Crippen LogP contribution in [0.2, 0.25) is 0 Å². The van der Waals surface area contributed by atoms with Gasteiger partial charge in [-0.1, -0.05) is 6.92 Å². The summed E-state index contributed by atoms with van der Waals surface area (Å²) in [6.07, 6.45) is 2.12. The molecule has 1 fully saturated rings. The summed E-state index contributed by atoms with van der Waals surface area (Å²) in [6.45, 7) is 6.63. The Bertz CT molecular complexity index is 191. The van der Waals surface area contributed by atoms with Gasteiger partial charge in [0.05, 0.1) is 0 Å². The van der Waals surface area contributed by atoms with Crippen molar-refractivity contribution in [3.05, 3.63) is 0 Å². The van der Waals surface area contributed by atoms with Crippen molar-refractivity contribution in [2.24, 2.45) is 0 Å². The van der Waals surface area contributed by atoms with E-state index in [4.69, 9.17) is 5.11 Å². The largest absolute Gasteiger partial charge is 0.480 e. The molecule has 4 nitrogen and oxygen atoms in total. The molecule has 0 aromatic heterocycles. The lowest BCUT2D eigenvalue weighted by Crippen LogP contribution is -2.49. The first-order chi connectivity index (χ1) is 6.66. The van der Waals surface area contributed by atoms with E-state index in [-0.39, 0.29) is 6.04 Å². The molecule has 1 atom stereocenters. The third-order valence-electron chi connectivity index (χ3n) is 3.00. The predicted octanol–water partition coefficient (Wildman–Crippen LogP) is 0.533. The second-order valence-corrected chi connectivity index (χ2v) is 3.83. The SMILES string of the molecule is CCN(C1CCNCC1)C(C)C(=O)O. The Morgan fingerprint density at radius 2 is 2.14 bits per heavy atom. The number of carbonyl (C=O) groups is 1. The van der Waals surface area contributed by atoms with Crippen LogP contribution < -0.4 is 5.32 Å². The maximum absolute atomic E-state index is 10.9. The number of hydrogen-bond donors (Lipinski definition) is 2. The van der Waals surface area contributed by atoms with Crippen LogP contribution >= 0.6 is 0 Å². The molecule has 1 unspecified atom stereocenters. The number of likely N-dealkylation sites (N-methyl/N-ethyl adjacent to an activating group) is 1. The van der Waals surface area contributed by atoms with Crippen molar-refractivity contribution < 1.29 is 9.90 Å². The molecule has 0 aromatic rings. The zero-order chi connectivity index (χ0) is 10.6. The maximum Gasteiger partial charge on any atom is 0.320 e. The molecule has 0 saturated carbocycles. The van der Waals surface area contributed by atoms with Gasteiger partial charge in [0.15, 0.2) is 0 Å². The van der Waals surface area contributed by atoms with Crippen LogP contribution in [0.15, 0.2) is 0 Å². The molecule has 1 heterocycles. The van der Waals surface area contributed by atoms with Crippen LogP contribution in [0.4, 0.5) is 0 Å². The summed E-state index contributed by atoms with van der Waals surface area (Å²) in [4.78, 5) is 13.0. The highest BCUT2D eigenvalue weighted by molar-refractivity contribution is 5.72. The number of hydrogen-bond acceptors (Lipinski definition) is 3. The molecule has 0 radical (unpaired) electrons. The van der Waals surface area contributed by atoms with Crippen molar-refractivity contribution in [2.45, 2.75) is 38.8 Å². The van der Waals surface area contributed by atoms with Gasteiger partial charge in [0, 0.05) is 6.04 Å². The normalized spacial score (nSPS) is 21.1. The van der Waals surface area contributed by atoms with Gasteiger partial charge in [0.1, 0.15) is 6.04 Å². The van der Waals surface area contributed by atoms with Crippen molar-refractivity contribution in [3.8, 4) is 0 Å². The molecule has 0 bridgehead atoms. The highest BCUT2D eigenvalue weighted by Crippen LogP contribution is 2.14. The summed E-state index contributed by atoms with van der Waals surface area (Å²) in [5.41, 5.74) is 0. The molecule has 0 amide bonds. The standard InChI is InChI=1S/C10H20N2O2/c1-3-12(8(2)10(13)14)9-4-6-11-7-5-9/h8-9,11H,3-7H2,1-2H3,(H,13,14). The summed E-state index contributed by atoms with van der Waals surface area (Å²) >= 11 is 0. The van der Waals surface area contributed by atoms with Gasteiger partial charge in [0.25, 0.3) is 0 Å². The van der Waals surface area contributed by atoms with Crippen LogP contribution in [0.3, 0.4) is 0 Å². The second kappa shape index (κ2) is 5.32. The fourth-order valence-corrected chi connectivity index (χ4v) is 2.13. The average molecular weight is 200 g/mol. The van der Waals surface area contributed by atoms with E-state index in [9.17, 15) is 4.79 Å². The van der Waals surface area contributed by atoms with Gasteiger partial charge in [-0.05, 0) is 39.4 Å². The molecule has 0 spiro atoms. The van der Waals surface area contributed by atoms with Crippen LogP contribution in [0.5, 0.6) is 0 Å². The molecule has 1 aliphatic heterocycles. The lowest BCUT2D eigenvalue weighted by atomic mass is 10.0. The highest BCUT2D eigenvalue weighted by Gasteiger charge is 2.27. The Morgan fingerprint density at radius 3 is 2.57 bits per heavy atom. The summed E-state index contributed by atoms with van der Waals surface area (Å²) in [5, 5.41) is 12.2. The molecule has 0 aliphatic carbocycles. The van der Waals surface area contributed by atoms with E-state index in [1.807, 2.05) is 6.92 Å². The van der Waals surface area contributed by atoms with Gasteiger partial charge in [-0.2, -0.15) is 0 Å². The minimum absolute atomic E-state index is 0.358. The van der Waals surface area contributed by atoms with Crippen molar-refractivity contribution in [1.82, 2.24) is 10.2 Å². The van der Waals surface area contributed by atoms with Crippen LogP contribution in [-0.2, 0) is 4.79 Å². The highest BCUT2D eigenvalue weighted by atomic mass is 16.4. The molecule has 4 heteroatoms. The smallest absolute Gasteiger partial charge is 0.320 e. The first-order valence-corrected chi connectivity index (χ1v) is 5.36. The molecule has 1 aliphatic rings. The van der Waals surface area contributed by atoms with Gasteiger partial charge in [-0.15, -0.1) is 0 Å².